The van der Waals surface area contributed by atoms with Gasteiger partial charge in [0.25, 0.3) is 0 Å². The number of urea groups is 1. The van der Waals surface area contributed by atoms with Crippen LogP contribution < -0.4 is 15.8 Å². The summed E-state index contributed by atoms with van der Waals surface area (Å²) >= 11 is 3.25. The van der Waals surface area contributed by atoms with Crippen LogP contribution in [-0.4, -0.2) is 22.4 Å². The fourth-order valence-electron chi connectivity index (χ4n) is 4.48. The number of carbonyl (C=O) groups excluding carboxylic acids is 1. The highest BCUT2D eigenvalue weighted by Crippen LogP contribution is 2.43. The molecule has 2 unspecified atom stereocenters. The second kappa shape index (κ2) is 9.88. The molecule has 8 heteroatoms. The van der Waals surface area contributed by atoms with E-state index in [0.29, 0.717) is 22.6 Å². The maximum Gasteiger partial charge on any atom is 0.340 e. The zero-order chi connectivity index (χ0) is 25.4. The third kappa shape index (κ3) is 4.77. The van der Waals surface area contributed by atoms with Crippen LogP contribution in [0.15, 0.2) is 116 Å². The Labute approximate surface area is 221 Å². The lowest BCUT2D eigenvalue weighted by atomic mass is 10.1. The summed E-state index contributed by atoms with van der Waals surface area (Å²) in [5, 5.41) is 13.6. The van der Waals surface area contributed by atoms with Crippen molar-refractivity contribution in [2.75, 3.05) is 10.2 Å². The van der Waals surface area contributed by atoms with Crippen LogP contribution in [-0.2, 0) is 5.75 Å². The van der Waals surface area contributed by atoms with E-state index < -0.39 is 5.63 Å². The zero-order valence-corrected chi connectivity index (χ0v) is 21.2. The third-order valence-electron chi connectivity index (χ3n) is 6.23. The number of anilines is 2. The predicted octanol–water partition coefficient (Wildman–Crippen LogP) is 6.80. The highest BCUT2D eigenvalue weighted by Gasteiger charge is 2.36. The van der Waals surface area contributed by atoms with Crippen molar-refractivity contribution in [3.63, 3.8) is 0 Å². The van der Waals surface area contributed by atoms with E-state index in [1.807, 2.05) is 65.6 Å². The van der Waals surface area contributed by atoms with Gasteiger partial charge in [0.2, 0.25) is 0 Å². The standard InChI is InChI=1S/C29H22N2O4S2/c32-21-13-12-18-14-19(28(33)35-25(18)16-21)17-36-22-7-5-6-20(15-22)30-29(34)31-23-8-1-3-10-26(23)37-27-11-4-2-9-24(27)31/h1-16,23,26,32H,17H2,(H,30,34). The maximum atomic E-state index is 13.5. The molecule has 0 saturated carbocycles. The van der Waals surface area contributed by atoms with Gasteiger partial charge in [-0.2, -0.15) is 0 Å². The molecule has 1 aromatic heterocycles. The number of amides is 2. The van der Waals surface area contributed by atoms with E-state index in [1.54, 1.807) is 30.0 Å². The summed E-state index contributed by atoms with van der Waals surface area (Å²) in [5.41, 5.74) is 2.03. The highest BCUT2D eigenvalue weighted by molar-refractivity contribution is 8.00. The minimum atomic E-state index is -0.430. The average Bonchev–Trinajstić information content (AvgIpc) is 2.90. The van der Waals surface area contributed by atoms with E-state index >= 15 is 0 Å². The quantitative estimate of drug-likeness (QED) is 0.225. The van der Waals surface area contributed by atoms with Crippen LogP contribution in [0.5, 0.6) is 5.75 Å². The first-order valence-corrected chi connectivity index (χ1v) is 13.6. The summed E-state index contributed by atoms with van der Waals surface area (Å²) in [6.45, 7) is 0. The Morgan fingerprint density at radius 2 is 1.89 bits per heavy atom. The Hall–Kier alpha value is -3.88. The number of nitrogens with zero attached hydrogens (tertiary/aromatic N) is 1. The van der Waals surface area contributed by atoms with Gasteiger partial charge in [0.15, 0.2) is 0 Å². The minimum absolute atomic E-state index is 0.0509. The van der Waals surface area contributed by atoms with Crippen molar-refractivity contribution in [1.29, 1.82) is 0 Å². The van der Waals surface area contributed by atoms with Gasteiger partial charge in [0.05, 0.1) is 17.0 Å². The molecule has 6 nitrogen and oxygen atoms in total. The van der Waals surface area contributed by atoms with Gasteiger partial charge in [-0.1, -0.05) is 42.5 Å². The molecule has 184 valence electrons. The summed E-state index contributed by atoms with van der Waals surface area (Å²) in [6.07, 6.45) is 8.21. The smallest absolute Gasteiger partial charge is 0.340 e. The SMILES string of the molecule is O=C(Nc1cccc(SCc2cc3ccc(O)cc3oc2=O)c1)N1c2ccccc2SC2C=CC=CC21. The molecule has 1 aliphatic heterocycles. The number of carbonyl (C=O) groups is 1. The molecule has 6 rings (SSSR count). The average molecular weight is 527 g/mol. The van der Waals surface area contributed by atoms with Crippen molar-refractivity contribution >= 4 is 51.9 Å². The van der Waals surface area contributed by atoms with Gasteiger partial charge in [0.1, 0.15) is 11.3 Å². The molecule has 2 aliphatic rings. The number of para-hydroxylation sites is 1. The van der Waals surface area contributed by atoms with Gasteiger partial charge in [0, 0.05) is 38.2 Å². The highest BCUT2D eigenvalue weighted by atomic mass is 32.2. The summed E-state index contributed by atoms with van der Waals surface area (Å²) in [7, 11) is 0. The van der Waals surface area contributed by atoms with Crippen LogP contribution in [0.4, 0.5) is 16.2 Å². The van der Waals surface area contributed by atoms with Crippen LogP contribution in [0.3, 0.4) is 0 Å². The summed E-state index contributed by atoms with van der Waals surface area (Å²) in [5.74, 6) is 0.462. The van der Waals surface area contributed by atoms with E-state index in [-0.39, 0.29) is 23.1 Å². The number of hydrogen-bond acceptors (Lipinski definition) is 6. The Kier molecular flexibility index (Phi) is 6.28. The Bertz CT molecular complexity index is 1630. The van der Waals surface area contributed by atoms with E-state index in [0.717, 1.165) is 20.9 Å². The molecule has 0 radical (unpaired) electrons. The number of fused-ring (bicyclic) bond motifs is 3. The summed E-state index contributed by atoms with van der Waals surface area (Å²) < 4.78 is 5.37. The lowest BCUT2D eigenvalue weighted by Gasteiger charge is -2.40. The van der Waals surface area contributed by atoms with Crippen molar-refractivity contribution in [2.24, 2.45) is 0 Å². The molecule has 3 aromatic carbocycles. The monoisotopic (exact) mass is 526 g/mol. The molecule has 0 bridgehead atoms. The van der Waals surface area contributed by atoms with Gasteiger partial charge in [-0.05, 0) is 48.5 Å². The van der Waals surface area contributed by atoms with Crippen molar-refractivity contribution in [1.82, 2.24) is 0 Å². The van der Waals surface area contributed by atoms with Crippen LogP contribution in [0, 0.1) is 0 Å². The van der Waals surface area contributed by atoms with Crippen molar-refractivity contribution in [2.45, 2.75) is 26.8 Å². The number of phenolic OH excluding ortho intramolecular Hbond substituents is 1. The van der Waals surface area contributed by atoms with Gasteiger partial charge in [-0.15, -0.1) is 23.5 Å². The lowest BCUT2D eigenvalue weighted by molar-refractivity contribution is 0.255. The number of allylic oxidation sites excluding steroid dienone is 2. The number of nitrogens with one attached hydrogen (secondary N) is 1. The molecule has 4 aromatic rings. The van der Waals surface area contributed by atoms with Crippen LogP contribution >= 0.6 is 23.5 Å². The molecular formula is C29H22N2O4S2. The predicted molar refractivity (Wildman–Crippen MR) is 150 cm³/mol. The van der Waals surface area contributed by atoms with E-state index in [2.05, 4.69) is 17.5 Å². The molecule has 2 amide bonds. The molecule has 37 heavy (non-hydrogen) atoms. The third-order valence-corrected chi connectivity index (χ3v) is 8.58. The Morgan fingerprint density at radius 1 is 1.03 bits per heavy atom. The first-order chi connectivity index (χ1) is 18.0. The fourth-order valence-corrected chi connectivity index (χ4v) is 6.64. The number of hydrogen-bond donors (Lipinski definition) is 2. The molecule has 2 atom stereocenters. The number of phenols is 1. The summed E-state index contributed by atoms with van der Waals surface area (Å²) in [4.78, 5) is 29.8. The zero-order valence-electron chi connectivity index (χ0n) is 19.5. The normalized spacial score (nSPS) is 17.9. The summed E-state index contributed by atoms with van der Waals surface area (Å²) in [6, 6.07) is 21.8. The maximum absolute atomic E-state index is 13.5. The Morgan fingerprint density at radius 3 is 2.81 bits per heavy atom. The fraction of sp³-hybridized carbons (Fsp3) is 0.103. The largest absolute Gasteiger partial charge is 0.508 e. The van der Waals surface area contributed by atoms with Gasteiger partial charge < -0.3 is 14.8 Å². The van der Waals surface area contributed by atoms with E-state index in [9.17, 15) is 14.7 Å². The molecular weight excluding hydrogens is 504 g/mol. The molecule has 0 fully saturated rings. The molecule has 2 N–H and O–H groups in total. The van der Waals surface area contributed by atoms with Crippen molar-refractivity contribution < 1.29 is 14.3 Å². The first-order valence-electron chi connectivity index (χ1n) is 11.7. The van der Waals surface area contributed by atoms with E-state index in [4.69, 9.17) is 4.42 Å². The number of aromatic hydroxyl groups is 1. The number of rotatable bonds is 4. The van der Waals surface area contributed by atoms with E-state index in [1.165, 1.54) is 17.8 Å². The molecule has 1 aliphatic carbocycles. The topological polar surface area (TPSA) is 82.8 Å². The van der Waals surface area contributed by atoms with Crippen molar-refractivity contribution in [3.05, 3.63) is 113 Å². The van der Waals surface area contributed by atoms with Gasteiger partial charge in [-0.25, -0.2) is 9.59 Å². The molecule has 0 spiro atoms. The van der Waals surface area contributed by atoms with Gasteiger partial charge >= 0.3 is 11.7 Å². The number of benzene rings is 3. The van der Waals surface area contributed by atoms with Crippen molar-refractivity contribution in [3.8, 4) is 5.75 Å². The van der Waals surface area contributed by atoms with Crippen LogP contribution in [0.25, 0.3) is 11.0 Å². The van der Waals surface area contributed by atoms with Gasteiger partial charge in [-0.3, -0.25) is 4.90 Å². The first kappa shape index (κ1) is 23.5. The number of thioether (sulfide) groups is 2. The Balaban J connectivity index is 1.20. The van der Waals surface area contributed by atoms with Crippen LogP contribution in [0.1, 0.15) is 5.56 Å². The lowest BCUT2D eigenvalue weighted by Crippen LogP contribution is -2.49. The molecule has 0 saturated heterocycles. The second-order valence-electron chi connectivity index (χ2n) is 8.71. The molecule has 2 heterocycles. The second-order valence-corrected chi connectivity index (χ2v) is 11.0. The minimum Gasteiger partial charge on any atom is -0.508 e. The van der Waals surface area contributed by atoms with Crippen LogP contribution in [0.2, 0.25) is 0 Å².